The molecule has 126 valence electrons. The summed E-state index contributed by atoms with van der Waals surface area (Å²) in [4.78, 5) is 19.9. The van der Waals surface area contributed by atoms with Crippen LogP contribution in [0.5, 0.6) is 0 Å². The minimum atomic E-state index is -0.113. The highest BCUT2D eigenvalue weighted by Crippen LogP contribution is 2.65. The minimum Gasteiger partial charge on any atom is -0.383 e. The lowest BCUT2D eigenvalue weighted by atomic mass is 9.75. The maximum atomic E-state index is 13.1. The molecule has 0 saturated heterocycles. The molecule has 1 amide bonds. The summed E-state index contributed by atoms with van der Waals surface area (Å²) in [6.45, 7) is 5.62. The second-order valence-electron chi connectivity index (χ2n) is 7.79. The van der Waals surface area contributed by atoms with E-state index in [0.717, 1.165) is 36.0 Å². The molecule has 4 saturated carbocycles. The quantitative estimate of drug-likeness (QED) is 0.849. The number of methoxy groups -OCH3 is 1. The number of thiazole rings is 1. The molecule has 5 heteroatoms. The van der Waals surface area contributed by atoms with Crippen molar-refractivity contribution >= 4 is 17.2 Å². The van der Waals surface area contributed by atoms with Gasteiger partial charge in [0.1, 0.15) is 0 Å². The summed E-state index contributed by atoms with van der Waals surface area (Å²) < 4.78 is 7.37. The predicted molar refractivity (Wildman–Crippen MR) is 90.2 cm³/mol. The first-order chi connectivity index (χ1) is 11.0. The van der Waals surface area contributed by atoms with Crippen molar-refractivity contribution in [2.45, 2.75) is 52.5 Å². The van der Waals surface area contributed by atoms with E-state index in [2.05, 4.69) is 23.4 Å². The van der Waals surface area contributed by atoms with Gasteiger partial charge < -0.3 is 9.30 Å². The summed E-state index contributed by atoms with van der Waals surface area (Å²) >= 11 is 1.64. The van der Waals surface area contributed by atoms with Gasteiger partial charge in [0.25, 0.3) is 5.91 Å². The Morgan fingerprint density at radius 3 is 2.65 bits per heavy atom. The number of carbonyl (C=O) groups excluding carboxylic acids is 1. The van der Waals surface area contributed by atoms with Gasteiger partial charge in [0.05, 0.1) is 12.0 Å². The highest BCUT2D eigenvalue weighted by molar-refractivity contribution is 7.09. The third kappa shape index (κ3) is 2.35. The van der Waals surface area contributed by atoms with Crippen LogP contribution in [-0.2, 0) is 16.1 Å². The molecule has 5 rings (SSSR count). The predicted octanol–water partition coefficient (Wildman–Crippen LogP) is 3.07. The van der Waals surface area contributed by atoms with Gasteiger partial charge in [-0.1, -0.05) is 0 Å². The normalized spacial score (nSPS) is 35.4. The van der Waals surface area contributed by atoms with Gasteiger partial charge in [0.2, 0.25) is 0 Å². The molecule has 1 aromatic heterocycles. The number of hydrogen-bond donors (Lipinski definition) is 0. The van der Waals surface area contributed by atoms with Gasteiger partial charge in [0, 0.05) is 24.2 Å². The second kappa shape index (κ2) is 5.55. The molecule has 4 fully saturated rings. The van der Waals surface area contributed by atoms with Gasteiger partial charge in [0.15, 0.2) is 4.80 Å². The Morgan fingerprint density at radius 1 is 1.30 bits per heavy atom. The molecule has 1 heterocycles. The number of nitrogens with zero attached hydrogens (tertiary/aromatic N) is 2. The first-order valence-corrected chi connectivity index (χ1v) is 9.60. The Hall–Kier alpha value is -0.940. The van der Waals surface area contributed by atoms with Crippen LogP contribution in [0.3, 0.4) is 0 Å². The molecule has 4 aliphatic carbocycles. The van der Waals surface area contributed by atoms with E-state index in [1.807, 2.05) is 0 Å². The molecule has 23 heavy (non-hydrogen) atoms. The first-order valence-electron chi connectivity index (χ1n) is 8.78. The Labute approximate surface area is 141 Å². The third-order valence-corrected chi connectivity index (χ3v) is 7.62. The zero-order valence-electron chi connectivity index (χ0n) is 14.3. The largest absolute Gasteiger partial charge is 0.383 e. The van der Waals surface area contributed by atoms with Crippen LogP contribution in [0.4, 0.5) is 0 Å². The van der Waals surface area contributed by atoms with E-state index in [0.29, 0.717) is 12.5 Å². The lowest BCUT2D eigenvalue weighted by Crippen LogP contribution is -2.33. The average Bonchev–Trinajstić information content (AvgIpc) is 3.03. The SMILES string of the molecule is COCCn1c(C)c(C)s/c1=N\C(=O)C12CC3CC(CC1C3)C2. The fourth-order valence-corrected chi connectivity index (χ4v) is 6.47. The second-order valence-corrected chi connectivity index (χ2v) is 8.97. The molecule has 4 nitrogen and oxygen atoms in total. The van der Waals surface area contributed by atoms with Crippen molar-refractivity contribution in [1.82, 2.24) is 4.57 Å². The minimum absolute atomic E-state index is 0.113. The van der Waals surface area contributed by atoms with Crippen molar-refractivity contribution in [3.05, 3.63) is 15.4 Å². The molecule has 0 N–H and O–H groups in total. The molecule has 0 aliphatic heterocycles. The van der Waals surface area contributed by atoms with Crippen LogP contribution in [0.2, 0.25) is 0 Å². The van der Waals surface area contributed by atoms with E-state index in [-0.39, 0.29) is 11.3 Å². The molecule has 1 aromatic rings. The first kappa shape index (κ1) is 15.6. The van der Waals surface area contributed by atoms with Gasteiger partial charge in [-0.05, 0) is 63.7 Å². The summed E-state index contributed by atoms with van der Waals surface area (Å²) in [6.07, 6.45) is 6.08. The number of aromatic nitrogens is 1. The number of hydrogen-bond acceptors (Lipinski definition) is 3. The number of rotatable bonds is 4. The van der Waals surface area contributed by atoms with E-state index >= 15 is 0 Å². The van der Waals surface area contributed by atoms with Crippen molar-refractivity contribution < 1.29 is 9.53 Å². The lowest BCUT2D eigenvalue weighted by molar-refractivity contribution is -0.129. The number of amides is 1. The molecule has 2 atom stereocenters. The van der Waals surface area contributed by atoms with Crippen LogP contribution in [0.15, 0.2) is 4.99 Å². The number of aryl methyl sites for hydroxylation is 1. The fraction of sp³-hybridized carbons (Fsp3) is 0.778. The van der Waals surface area contributed by atoms with Gasteiger partial charge in [-0.25, -0.2) is 0 Å². The maximum Gasteiger partial charge on any atom is 0.254 e. The van der Waals surface area contributed by atoms with E-state index in [4.69, 9.17) is 4.74 Å². The van der Waals surface area contributed by atoms with Crippen molar-refractivity contribution in [3.8, 4) is 0 Å². The summed E-state index contributed by atoms with van der Waals surface area (Å²) in [5.41, 5.74) is 1.09. The van der Waals surface area contributed by atoms with Crippen LogP contribution in [0.1, 0.15) is 42.7 Å². The van der Waals surface area contributed by atoms with Crippen molar-refractivity contribution in [2.24, 2.45) is 28.2 Å². The summed E-state index contributed by atoms with van der Waals surface area (Å²) in [5.74, 6) is 2.36. The lowest BCUT2D eigenvalue weighted by Gasteiger charge is -2.29. The Balaban J connectivity index is 1.68. The Kier molecular flexibility index (Phi) is 3.76. The number of carbonyl (C=O) groups is 1. The van der Waals surface area contributed by atoms with E-state index < -0.39 is 0 Å². The zero-order chi connectivity index (χ0) is 16.2. The Morgan fingerprint density at radius 2 is 2.00 bits per heavy atom. The van der Waals surface area contributed by atoms with Gasteiger partial charge in [-0.15, -0.1) is 11.3 Å². The topological polar surface area (TPSA) is 43.6 Å². The third-order valence-electron chi connectivity index (χ3n) is 6.52. The zero-order valence-corrected chi connectivity index (χ0v) is 15.1. The van der Waals surface area contributed by atoms with Gasteiger partial charge in [-0.3, -0.25) is 4.79 Å². The highest BCUT2D eigenvalue weighted by Gasteiger charge is 2.61. The molecule has 4 bridgehead atoms. The molecule has 4 aliphatic rings. The molecular formula is C18H26N2O2S. The van der Waals surface area contributed by atoms with E-state index in [9.17, 15) is 4.79 Å². The van der Waals surface area contributed by atoms with Crippen molar-refractivity contribution in [3.63, 3.8) is 0 Å². The molecule has 0 spiro atoms. The molecule has 2 unspecified atom stereocenters. The van der Waals surface area contributed by atoms with Crippen LogP contribution in [0, 0.1) is 37.0 Å². The molecule has 0 radical (unpaired) electrons. The molecular weight excluding hydrogens is 308 g/mol. The van der Waals surface area contributed by atoms with Crippen LogP contribution in [-0.4, -0.2) is 24.2 Å². The van der Waals surface area contributed by atoms with E-state index in [1.165, 1.54) is 29.8 Å². The summed E-state index contributed by atoms with van der Waals surface area (Å²) in [7, 11) is 1.71. The Bertz CT molecular complexity index is 688. The van der Waals surface area contributed by atoms with Gasteiger partial charge >= 0.3 is 0 Å². The standard InChI is InChI=1S/C18H26N2O2S/c1-11-12(2)23-17(20(11)4-5-22-3)19-16(21)18-9-13-6-14(10-18)8-15(18)7-13/h13-15H,4-10H2,1-3H3/b19-17-. The fourth-order valence-electron chi connectivity index (χ4n) is 5.47. The highest BCUT2D eigenvalue weighted by atomic mass is 32.1. The van der Waals surface area contributed by atoms with Crippen LogP contribution < -0.4 is 4.80 Å². The number of ether oxygens (including phenoxy) is 1. The van der Waals surface area contributed by atoms with Crippen LogP contribution in [0.25, 0.3) is 0 Å². The average molecular weight is 334 g/mol. The molecule has 0 aromatic carbocycles. The summed E-state index contributed by atoms with van der Waals surface area (Å²) in [5, 5.41) is 0. The van der Waals surface area contributed by atoms with E-state index in [1.54, 1.807) is 18.4 Å². The maximum absolute atomic E-state index is 13.1. The van der Waals surface area contributed by atoms with Crippen LogP contribution >= 0.6 is 11.3 Å². The van der Waals surface area contributed by atoms with Crippen molar-refractivity contribution in [2.75, 3.05) is 13.7 Å². The smallest absolute Gasteiger partial charge is 0.254 e. The van der Waals surface area contributed by atoms with Gasteiger partial charge in [-0.2, -0.15) is 4.99 Å². The summed E-state index contributed by atoms with van der Waals surface area (Å²) in [6, 6.07) is 0. The monoisotopic (exact) mass is 334 g/mol. The van der Waals surface area contributed by atoms with Crippen molar-refractivity contribution in [1.29, 1.82) is 0 Å².